The number of nitrogens with zero attached hydrogens (tertiary/aromatic N) is 2. The van der Waals surface area contributed by atoms with Crippen molar-refractivity contribution >= 4 is 39.1 Å². The van der Waals surface area contributed by atoms with Crippen LogP contribution in [0.1, 0.15) is 44.2 Å². The van der Waals surface area contributed by atoms with Gasteiger partial charge in [-0.2, -0.15) is 0 Å². The van der Waals surface area contributed by atoms with Crippen molar-refractivity contribution in [2.75, 3.05) is 24.2 Å². The van der Waals surface area contributed by atoms with Crippen molar-refractivity contribution in [3.8, 4) is 5.75 Å². The number of ether oxygens (including phenoxy) is 1. The van der Waals surface area contributed by atoms with Crippen molar-refractivity contribution in [2.24, 2.45) is 0 Å². The van der Waals surface area contributed by atoms with Crippen LogP contribution in [0.15, 0.2) is 72.8 Å². The van der Waals surface area contributed by atoms with E-state index in [2.05, 4.69) is 5.32 Å². The largest absolute Gasteiger partial charge is 0.495 e. The van der Waals surface area contributed by atoms with Crippen LogP contribution >= 0.6 is 11.6 Å². The van der Waals surface area contributed by atoms with Gasteiger partial charge in [-0.1, -0.05) is 61.0 Å². The first-order chi connectivity index (χ1) is 20.4. The van der Waals surface area contributed by atoms with Crippen LogP contribution in [0.2, 0.25) is 5.02 Å². The van der Waals surface area contributed by atoms with E-state index in [-0.39, 0.29) is 55.2 Å². The van der Waals surface area contributed by atoms with Crippen LogP contribution in [-0.2, 0) is 32.6 Å². The SMILES string of the molecule is CC[C@H](C)NC(=O)[C@@H](Cc1ccccc1)N(Cc1ccc(F)cc1)C(=O)CCCN(c1ccc(OC)c(Cl)c1)S(C)(=O)=O. The highest BCUT2D eigenvalue weighted by Gasteiger charge is 2.31. The number of hydrogen-bond donors (Lipinski definition) is 1. The summed E-state index contributed by atoms with van der Waals surface area (Å²) in [6.07, 6.45) is 2.23. The van der Waals surface area contributed by atoms with Crippen molar-refractivity contribution < 1.29 is 27.1 Å². The van der Waals surface area contributed by atoms with Crippen molar-refractivity contribution in [3.05, 3.63) is 94.8 Å². The first-order valence-electron chi connectivity index (χ1n) is 14.1. The van der Waals surface area contributed by atoms with Crippen molar-refractivity contribution in [1.29, 1.82) is 0 Å². The average molecular weight is 632 g/mol. The first kappa shape index (κ1) is 33.9. The molecule has 2 atom stereocenters. The van der Waals surface area contributed by atoms with Crippen LogP contribution in [0.5, 0.6) is 5.75 Å². The quantitative estimate of drug-likeness (QED) is 0.236. The molecule has 0 unspecified atom stereocenters. The normalized spacial score (nSPS) is 12.7. The molecule has 0 aliphatic carbocycles. The van der Waals surface area contributed by atoms with Gasteiger partial charge in [0, 0.05) is 32.0 Å². The van der Waals surface area contributed by atoms with Gasteiger partial charge in [0.2, 0.25) is 21.8 Å². The molecule has 0 radical (unpaired) electrons. The Balaban J connectivity index is 1.89. The number of nitrogens with one attached hydrogen (secondary N) is 1. The number of rotatable bonds is 15. The highest BCUT2D eigenvalue weighted by molar-refractivity contribution is 7.92. The molecule has 0 saturated heterocycles. The van der Waals surface area contributed by atoms with Gasteiger partial charge in [-0.3, -0.25) is 13.9 Å². The summed E-state index contributed by atoms with van der Waals surface area (Å²) in [5, 5.41) is 3.26. The van der Waals surface area contributed by atoms with E-state index in [1.165, 1.54) is 34.5 Å². The molecular formula is C32H39ClFN3O5S. The van der Waals surface area contributed by atoms with Gasteiger partial charge in [0.15, 0.2) is 0 Å². The monoisotopic (exact) mass is 631 g/mol. The van der Waals surface area contributed by atoms with Crippen molar-refractivity contribution in [3.63, 3.8) is 0 Å². The number of methoxy groups -OCH3 is 1. The third-order valence-electron chi connectivity index (χ3n) is 7.11. The first-order valence-corrected chi connectivity index (χ1v) is 16.3. The van der Waals surface area contributed by atoms with E-state index >= 15 is 0 Å². The van der Waals surface area contributed by atoms with Crippen molar-refractivity contribution in [1.82, 2.24) is 10.2 Å². The number of hydrogen-bond acceptors (Lipinski definition) is 5. The molecule has 3 aromatic carbocycles. The van der Waals surface area contributed by atoms with E-state index in [0.717, 1.165) is 11.8 Å². The Morgan fingerprint density at radius 3 is 2.28 bits per heavy atom. The Kier molecular flexibility index (Phi) is 12.4. The minimum atomic E-state index is -3.70. The fourth-order valence-electron chi connectivity index (χ4n) is 4.60. The Bertz CT molecular complexity index is 1470. The predicted octanol–water partition coefficient (Wildman–Crippen LogP) is 5.59. The van der Waals surface area contributed by atoms with E-state index in [0.29, 0.717) is 23.4 Å². The molecule has 3 aromatic rings. The van der Waals surface area contributed by atoms with Crippen LogP contribution in [0, 0.1) is 5.82 Å². The van der Waals surface area contributed by atoms with Gasteiger partial charge < -0.3 is 15.0 Å². The maximum absolute atomic E-state index is 13.9. The second kappa shape index (κ2) is 15.7. The van der Waals surface area contributed by atoms with Crippen LogP contribution < -0.4 is 14.4 Å². The average Bonchev–Trinajstić information content (AvgIpc) is 2.97. The van der Waals surface area contributed by atoms with Gasteiger partial charge >= 0.3 is 0 Å². The standard InChI is InChI=1S/C32H39ClFN3O5S/c1-5-23(2)35-32(39)29(20-24-10-7-6-8-11-24)36(22-25-13-15-26(34)16-14-25)31(38)12-9-19-37(43(4,40)41)27-17-18-30(42-3)28(33)21-27/h6-8,10-11,13-18,21,23,29H,5,9,12,19-20,22H2,1-4H3,(H,35,39)/t23-,29+/m0/s1. The topological polar surface area (TPSA) is 96.0 Å². The van der Waals surface area contributed by atoms with Gasteiger partial charge in [0.25, 0.3) is 0 Å². The summed E-state index contributed by atoms with van der Waals surface area (Å²) in [5.74, 6) is -0.618. The second-order valence-corrected chi connectivity index (χ2v) is 12.7. The molecule has 43 heavy (non-hydrogen) atoms. The number of carbonyl (C=O) groups excluding carboxylic acids is 2. The fraction of sp³-hybridized carbons (Fsp3) is 0.375. The smallest absolute Gasteiger partial charge is 0.243 e. The lowest BCUT2D eigenvalue weighted by Crippen LogP contribution is -2.52. The minimum absolute atomic E-state index is 0.0139. The van der Waals surface area contributed by atoms with E-state index in [1.807, 2.05) is 44.2 Å². The zero-order valence-corrected chi connectivity index (χ0v) is 26.5. The molecule has 0 aromatic heterocycles. The van der Waals surface area contributed by atoms with Crippen LogP contribution in [0.4, 0.5) is 10.1 Å². The summed E-state index contributed by atoms with van der Waals surface area (Å²) in [6.45, 7) is 3.95. The second-order valence-electron chi connectivity index (χ2n) is 10.4. The van der Waals surface area contributed by atoms with Crippen LogP contribution in [0.3, 0.4) is 0 Å². The van der Waals surface area contributed by atoms with Gasteiger partial charge in [-0.15, -0.1) is 0 Å². The van der Waals surface area contributed by atoms with Crippen LogP contribution in [-0.4, -0.2) is 57.1 Å². The number of amides is 2. The maximum atomic E-state index is 13.9. The summed E-state index contributed by atoms with van der Waals surface area (Å²) in [7, 11) is -2.24. The van der Waals surface area contributed by atoms with E-state index in [9.17, 15) is 22.4 Å². The Morgan fingerprint density at radius 2 is 1.70 bits per heavy atom. The molecule has 0 heterocycles. The lowest BCUT2D eigenvalue weighted by Gasteiger charge is -2.32. The molecule has 8 nitrogen and oxygen atoms in total. The van der Waals surface area contributed by atoms with Gasteiger partial charge in [0.1, 0.15) is 17.6 Å². The summed E-state index contributed by atoms with van der Waals surface area (Å²) in [5.41, 5.74) is 1.89. The molecular weight excluding hydrogens is 593 g/mol. The van der Waals surface area contributed by atoms with Gasteiger partial charge in [0.05, 0.1) is 24.1 Å². The molecule has 1 N–H and O–H groups in total. The minimum Gasteiger partial charge on any atom is -0.495 e. The summed E-state index contributed by atoms with van der Waals surface area (Å²) in [6, 6.07) is 18.9. The Labute approximate surface area is 258 Å². The van der Waals surface area contributed by atoms with Crippen molar-refractivity contribution in [2.45, 2.75) is 58.2 Å². The van der Waals surface area contributed by atoms with Gasteiger partial charge in [-0.25, -0.2) is 12.8 Å². The fourth-order valence-corrected chi connectivity index (χ4v) is 5.81. The zero-order valence-electron chi connectivity index (χ0n) is 24.9. The highest BCUT2D eigenvalue weighted by atomic mass is 35.5. The molecule has 0 aliphatic rings. The lowest BCUT2D eigenvalue weighted by atomic mass is 10.0. The third kappa shape index (κ3) is 9.96. The summed E-state index contributed by atoms with van der Waals surface area (Å²) in [4.78, 5) is 29.0. The number of benzene rings is 3. The number of anilines is 1. The molecule has 2 amide bonds. The van der Waals surface area contributed by atoms with E-state index in [4.69, 9.17) is 16.3 Å². The molecule has 232 valence electrons. The molecule has 0 bridgehead atoms. The number of carbonyl (C=O) groups is 2. The van der Waals surface area contributed by atoms with Crippen LogP contribution in [0.25, 0.3) is 0 Å². The van der Waals surface area contributed by atoms with E-state index < -0.39 is 21.9 Å². The molecule has 0 saturated carbocycles. The predicted molar refractivity (Wildman–Crippen MR) is 168 cm³/mol. The zero-order chi connectivity index (χ0) is 31.6. The summed E-state index contributed by atoms with van der Waals surface area (Å²) >= 11 is 6.25. The molecule has 0 spiro atoms. The van der Waals surface area contributed by atoms with E-state index in [1.54, 1.807) is 24.3 Å². The molecule has 0 aliphatic heterocycles. The number of halogens is 2. The Hall–Kier alpha value is -3.63. The van der Waals surface area contributed by atoms with Gasteiger partial charge in [-0.05, 0) is 61.2 Å². The summed E-state index contributed by atoms with van der Waals surface area (Å²) < 4.78 is 45.4. The highest BCUT2D eigenvalue weighted by Crippen LogP contribution is 2.30. The molecule has 11 heteroatoms. The molecule has 3 rings (SSSR count). The maximum Gasteiger partial charge on any atom is 0.243 e. The Morgan fingerprint density at radius 1 is 1.02 bits per heavy atom. The molecule has 0 fully saturated rings. The number of sulfonamides is 1. The third-order valence-corrected chi connectivity index (χ3v) is 8.60. The lowest BCUT2D eigenvalue weighted by molar-refractivity contribution is -0.141.